The van der Waals surface area contributed by atoms with Crippen LogP contribution in [0.1, 0.15) is 6.92 Å². The summed E-state index contributed by atoms with van der Waals surface area (Å²) in [5, 5.41) is 0. The molecule has 0 radical (unpaired) electrons. The van der Waals surface area contributed by atoms with E-state index in [0.717, 1.165) is 4.48 Å². The quantitative estimate of drug-likeness (QED) is 0.504. The summed E-state index contributed by atoms with van der Waals surface area (Å²) in [5.74, 6) is 0. The maximum absolute atomic E-state index is 5.13. The Balaban J connectivity index is 3.14. The summed E-state index contributed by atoms with van der Waals surface area (Å²) in [7, 11) is 0. The molecule has 0 atom stereocenters. The van der Waals surface area contributed by atoms with Crippen LogP contribution in [0.3, 0.4) is 0 Å². The maximum Gasteiger partial charge on any atom is 0.0141 e. The molecule has 0 aromatic rings. The minimum Gasteiger partial charge on any atom is -0.0921 e. The van der Waals surface area contributed by atoms with Gasteiger partial charge < -0.3 is 0 Å². The highest BCUT2D eigenvalue weighted by Gasteiger charge is 1.65. The largest absolute Gasteiger partial charge is 0.0921 e. The summed E-state index contributed by atoms with van der Waals surface area (Å²) < 4.78 is 0.958. The average Bonchev–Trinajstić information content (AvgIpc) is 1.38. The Hall–Kier alpha value is 0.510. The molecule has 2 heteroatoms. The molecule has 0 aromatic heterocycles. The highest BCUT2D eigenvalue weighted by Crippen LogP contribution is 2.01. The lowest BCUT2D eigenvalue weighted by Crippen LogP contribution is -1.40. The normalized spacial score (nSPS) is 12.2. The van der Waals surface area contributed by atoms with E-state index in [0.29, 0.717) is 0 Å². The molecule has 0 unspecified atom stereocenters. The third-order valence-corrected chi connectivity index (χ3v) is 0.970. The molecule has 0 aliphatic rings. The zero-order valence-electron chi connectivity index (χ0n) is 2.83. The van der Waals surface area contributed by atoms with Crippen LogP contribution in [0.4, 0.5) is 0 Å². The molecule has 0 N–H and O–H groups in total. The van der Waals surface area contributed by atoms with Gasteiger partial charge in [0.15, 0.2) is 0 Å². The van der Waals surface area contributed by atoms with Gasteiger partial charge in [0.2, 0.25) is 0 Å². The van der Waals surface area contributed by atoms with Crippen LogP contribution < -0.4 is 0 Å². The van der Waals surface area contributed by atoms with Crippen molar-refractivity contribution in [2.75, 3.05) is 0 Å². The van der Waals surface area contributed by atoms with Crippen LogP contribution in [0, 0.1) is 0 Å². The molecule has 0 heterocycles. The first-order valence-corrected chi connectivity index (χ1v) is 2.43. The monoisotopic (exact) mass is 154 g/mol. The first-order chi connectivity index (χ1) is 2.27. The molecule has 30 valence electrons. The molecular formula is C3H4BrCl. The Labute approximate surface area is 45.0 Å². The first-order valence-electron chi connectivity index (χ1n) is 1.20. The summed E-state index contributed by atoms with van der Waals surface area (Å²) in [6.07, 6.45) is 0. The summed E-state index contributed by atoms with van der Waals surface area (Å²) >= 11 is 8.23. The van der Waals surface area contributed by atoms with Crippen LogP contribution in [0.15, 0.2) is 10.0 Å². The Morgan fingerprint density at radius 1 is 2.00 bits per heavy atom. The van der Waals surface area contributed by atoms with E-state index in [1.54, 1.807) is 0 Å². The van der Waals surface area contributed by atoms with Crippen molar-refractivity contribution >= 4 is 27.5 Å². The standard InChI is InChI=1S/C3H4BrCl/c1-3(4)2-5/h2H,1H3. The lowest BCUT2D eigenvalue weighted by atomic mass is 10.8. The minimum absolute atomic E-state index is 0.958. The van der Waals surface area contributed by atoms with E-state index in [4.69, 9.17) is 11.6 Å². The molecule has 0 fully saturated rings. The van der Waals surface area contributed by atoms with Crippen molar-refractivity contribution in [3.05, 3.63) is 10.0 Å². The second-order valence-corrected chi connectivity index (χ2v) is 2.16. The SMILES string of the molecule is CC(Br)=CCl. The number of hydrogen-bond donors (Lipinski definition) is 0. The number of allylic oxidation sites excluding steroid dienone is 1. The Morgan fingerprint density at radius 3 is 2.20 bits per heavy atom. The van der Waals surface area contributed by atoms with Gasteiger partial charge in [-0.25, -0.2) is 0 Å². The molecule has 0 aromatic carbocycles. The van der Waals surface area contributed by atoms with Crippen LogP contribution in [0.25, 0.3) is 0 Å². The van der Waals surface area contributed by atoms with Crippen LogP contribution in [0.5, 0.6) is 0 Å². The van der Waals surface area contributed by atoms with E-state index in [9.17, 15) is 0 Å². The lowest BCUT2D eigenvalue weighted by Gasteiger charge is -1.68. The van der Waals surface area contributed by atoms with Crippen LogP contribution >= 0.6 is 27.5 Å². The highest BCUT2D eigenvalue weighted by atomic mass is 79.9. The summed E-state index contributed by atoms with van der Waals surface area (Å²) in [5.41, 5.74) is 1.47. The van der Waals surface area contributed by atoms with E-state index >= 15 is 0 Å². The second kappa shape index (κ2) is 2.73. The third kappa shape index (κ3) is 4.51. The van der Waals surface area contributed by atoms with Gasteiger partial charge in [0, 0.05) is 10.0 Å². The summed E-state index contributed by atoms with van der Waals surface area (Å²) in [4.78, 5) is 0. The van der Waals surface area contributed by atoms with Crippen molar-refractivity contribution in [1.29, 1.82) is 0 Å². The Bertz CT molecular complexity index is 44.9. The molecule has 0 bridgehead atoms. The lowest BCUT2D eigenvalue weighted by molar-refractivity contribution is 1.74. The van der Waals surface area contributed by atoms with Crippen molar-refractivity contribution in [3.63, 3.8) is 0 Å². The number of rotatable bonds is 0. The van der Waals surface area contributed by atoms with Gasteiger partial charge in [-0.05, 0) is 6.92 Å². The van der Waals surface area contributed by atoms with Gasteiger partial charge in [0.1, 0.15) is 0 Å². The van der Waals surface area contributed by atoms with Crippen LogP contribution in [0.2, 0.25) is 0 Å². The molecule has 0 aliphatic heterocycles. The van der Waals surface area contributed by atoms with Gasteiger partial charge in [0.05, 0.1) is 0 Å². The molecule has 0 spiro atoms. The first kappa shape index (κ1) is 5.51. The smallest absolute Gasteiger partial charge is 0.0141 e. The van der Waals surface area contributed by atoms with E-state index in [2.05, 4.69) is 15.9 Å². The van der Waals surface area contributed by atoms with Gasteiger partial charge in [-0.15, -0.1) is 0 Å². The summed E-state index contributed by atoms with van der Waals surface area (Å²) in [6.45, 7) is 1.87. The average molecular weight is 155 g/mol. The van der Waals surface area contributed by atoms with E-state index in [1.165, 1.54) is 5.54 Å². The summed E-state index contributed by atoms with van der Waals surface area (Å²) in [6, 6.07) is 0. The predicted molar refractivity (Wildman–Crippen MR) is 28.5 cm³/mol. The van der Waals surface area contributed by atoms with Gasteiger partial charge in [-0.1, -0.05) is 27.5 Å². The maximum atomic E-state index is 5.13. The zero-order valence-corrected chi connectivity index (χ0v) is 5.18. The molecule has 0 amide bonds. The van der Waals surface area contributed by atoms with Crippen molar-refractivity contribution < 1.29 is 0 Å². The van der Waals surface area contributed by atoms with Crippen molar-refractivity contribution in [2.45, 2.75) is 6.92 Å². The van der Waals surface area contributed by atoms with Gasteiger partial charge >= 0.3 is 0 Å². The number of halogens is 2. The van der Waals surface area contributed by atoms with Crippen LogP contribution in [-0.4, -0.2) is 0 Å². The van der Waals surface area contributed by atoms with Crippen molar-refractivity contribution in [2.24, 2.45) is 0 Å². The third-order valence-electron chi connectivity index (χ3n) is 0.150. The fraction of sp³-hybridized carbons (Fsp3) is 0.333. The predicted octanol–water partition coefficient (Wildman–Crippen LogP) is 2.48. The van der Waals surface area contributed by atoms with E-state index in [-0.39, 0.29) is 0 Å². The van der Waals surface area contributed by atoms with E-state index < -0.39 is 0 Å². The van der Waals surface area contributed by atoms with Gasteiger partial charge in [-0.2, -0.15) is 0 Å². The van der Waals surface area contributed by atoms with Crippen LogP contribution in [-0.2, 0) is 0 Å². The number of hydrogen-bond acceptors (Lipinski definition) is 0. The molecule has 0 saturated heterocycles. The zero-order chi connectivity index (χ0) is 4.28. The molecule has 0 aliphatic carbocycles. The Kier molecular flexibility index (Phi) is 3.01. The fourth-order valence-corrected chi connectivity index (χ4v) is 0. The molecular weight excluding hydrogens is 151 g/mol. The van der Waals surface area contributed by atoms with Crippen molar-refractivity contribution in [3.8, 4) is 0 Å². The topological polar surface area (TPSA) is 0 Å². The highest BCUT2D eigenvalue weighted by molar-refractivity contribution is 9.11. The van der Waals surface area contributed by atoms with Gasteiger partial charge in [0.25, 0.3) is 0 Å². The second-order valence-electron chi connectivity index (χ2n) is 0.696. The molecule has 0 rings (SSSR count). The fourth-order valence-electron chi connectivity index (χ4n) is 0. The van der Waals surface area contributed by atoms with Gasteiger partial charge in [-0.3, -0.25) is 0 Å². The minimum atomic E-state index is 0.958. The van der Waals surface area contributed by atoms with Crippen molar-refractivity contribution in [1.82, 2.24) is 0 Å². The molecule has 5 heavy (non-hydrogen) atoms. The Morgan fingerprint density at radius 2 is 2.20 bits per heavy atom. The molecule has 0 saturated carbocycles. The molecule has 0 nitrogen and oxygen atoms in total. The van der Waals surface area contributed by atoms with E-state index in [1.807, 2.05) is 6.92 Å².